The molecule has 1 amide bonds. The van der Waals surface area contributed by atoms with E-state index in [1.165, 1.54) is 0 Å². The lowest BCUT2D eigenvalue weighted by Gasteiger charge is -2.11. The van der Waals surface area contributed by atoms with E-state index in [0.717, 1.165) is 23.5 Å². The molecule has 0 unspecified atom stereocenters. The van der Waals surface area contributed by atoms with Crippen molar-refractivity contribution in [1.82, 2.24) is 4.98 Å². The number of nitrogens with zero attached hydrogens (tertiary/aromatic N) is 1. The van der Waals surface area contributed by atoms with Gasteiger partial charge in [0.25, 0.3) is 5.91 Å². The standard InChI is InChI=1S/C15H17N3O/c1-3-17-14-10-16-9-8-12(14)15(19)18-13-7-5-4-6-11(13)2/h4-10,17H,3H2,1-2H3,(H,18,19). The summed E-state index contributed by atoms with van der Waals surface area (Å²) < 4.78 is 0. The van der Waals surface area contributed by atoms with Crippen LogP contribution in [0.1, 0.15) is 22.8 Å². The van der Waals surface area contributed by atoms with Gasteiger partial charge in [-0.15, -0.1) is 0 Å². The quantitative estimate of drug-likeness (QED) is 0.882. The number of hydrogen-bond donors (Lipinski definition) is 2. The SMILES string of the molecule is CCNc1cnccc1C(=O)Nc1ccccc1C. The predicted molar refractivity (Wildman–Crippen MR) is 77.5 cm³/mol. The van der Waals surface area contributed by atoms with Crippen molar-refractivity contribution >= 4 is 17.3 Å². The van der Waals surface area contributed by atoms with Crippen LogP contribution >= 0.6 is 0 Å². The lowest BCUT2D eigenvalue weighted by Crippen LogP contribution is -2.15. The fraction of sp³-hybridized carbons (Fsp3) is 0.200. The predicted octanol–water partition coefficient (Wildman–Crippen LogP) is 3.07. The van der Waals surface area contributed by atoms with Gasteiger partial charge in [0.2, 0.25) is 0 Å². The summed E-state index contributed by atoms with van der Waals surface area (Å²) in [5.74, 6) is -0.132. The van der Waals surface area contributed by atoms with Crippen molar-refractivity contribution in [1.29, 1.82) is 0 Å². The minimum Gasteiger partial charge on any atom is -0.383 e. The van der Waals surface area contributed by atoms with Gasteiger partial charge in [-0.05, 0) is 31.5 Å². The molecule has 2 N–H and O–H groups in total. The van der Waals surface area contributed by atoms with Gasteiger partial charge in [0, 0.05) is 18.4 Å². The molecule has 1 aromatic carbocycles. The smallest absolute Gasteiger partial charge is 0.257 e. The van der Waals surface area contributed by atoms with Crippen LogP contribution in [-0.2, 0) is 0 Å². The van der Waals surface area contributed by atoms with Gasteiger partial charge >= 0.3 is 0 Å². The third-order valence-electron chi connectivity index (χ3n) is 2.83. The third-order valence-corrected chi connectivity index (χ3v) is 2.83. The highest BCUT2D eigenvalue weighted by Crippen LogP contribution is 2.18. The molecule has 1 aromatic heterocycles. The molecular weight excluding hydrogens is 238 g/mol. The molecule has 0 bridgehead atoms. The van der Waals surface area contributed by atoms with Crippen molar-refractivity contribution < 1.29 is 4.79 Å². The van der Waals surface area contributed by atoms with Crippen LogP contribution in [0, 0.1) is 6.92 Å². The fourth-order valence-corrected chi connectivity index (χ4v) is 1.83. The first-order valence-electron chi connectivity index (χ1n) is 6.27. The van der Waals surface area contributed by atoms with Crippen molar-refractivity contribution in [3.8, 4) is 0 Å². The minimum absolute atomic E-state index is 0.132. The zero-order valence-corrected chi connectivity index (χ0v) is 11.1. The Hall–Kier alpha value is -2.36. The van der Waals surface area contributed by atoms with Crippen molar-refractivity contribution in [2.75, 3.05) is 17.2 Å². The molecule has 0 aliphatic rings. The van der Waals surface area contributed by atoms with Crippen molar-refractivity contribution in [2.24, 2.45) is 0 Å². The van der Waals surface area contributed by atoms with Gasteiger partial charge in [-0.2, -0.15) is 0 Å². The van der Waals surface area contributed by atoms with E-state index in [-0.39, 0.29) is 5.91 Å². The number of benzene rings is 1. The number of aromatic nitrogens is 1. The number of nitrogens with one attached hydrogen (secondary N) is 2. The third kappa shape index (κ3) is 3.10. The molecule has 0 saturated heterocycles. The normalized spacial score (nSPS) is 10.0. The lowest BCUT2D eigenvalue weighted by atomic mass is 10.1. The number of pyridine rings is 1. The number of amides is 1. The maximum atomic E-state index is 12.3. The number of para-hydroxylation sites is 1. The molecule has 0 aliphatic heterocycles. The van der Waals surface area contributed by atoms with E-state index in [9.17, 15) is 4.79 Å². The molecule has 4 heteroatoms. The molecule has 0 atom stereocenters. The average Bonchev–Trinajstić information content (AvgIpc) is 2.42. The van der Waals surface area contributed by atoms with Crippen LogP contribution in [0.2, 0.25) is 0 Å². The second-order valence-electron chi connectivity index (χ2n) is 4.22. The topological polar surface area (TPSA) is 54.0 Å². The van der Waals surface area contributed by atoms with Crippen molar-refractivity contribution in [2.45, 2.75) is 13.8 Å². The summed E-state index contributed by atoms with van der Waals surface area (Å²) in [6, 6.07) is 9.42. The van der Waals surface area contributed by atoms with E-state index < -0.39 is 0 Å². The van der Waals surface area contributed by atoms with Crippen molar-refractivity contribution in [3.63, 3.8) is 0 Å². The summed E-state index contributed by atoms with van der Waals surface area (Å²) in [5.41, 5.74) is 3.21. The van der Waals surface area contributed by atoms with Crippen LogP contribution in [0.3, 0.4) is 0 Å². The van der Waals surface area contributed by atoms with E-state index >= 15 is 0 Å². The monoisotopic (exact) mass is 255 g/mol. The van der Waals surface area contributed by atoms with E-state index in [1.807, 2.05) is 38.1 Å². The Balaban J connectivity index is 2.23. The maximum Gasteiger partial charge on any atom is 0.257 e. The number of anilines is 2. The van der Waals surface area contributed by atoms with Gasteiger partial charge in [0.1, 0.15) is 0 Å². The van der Waals surface area contributed by atoms with Crippen LogP contribution in [0.5, 0.6) is 0 Å². The van der Waals surface area contributed by atoms with Gasteiger partial charge in [-0.25, -0.2) is 0 Å². The Kier molecular flexibility index (Phi) is 4.13. The molecule has 2 rings (SSSR count). The zero-order chi connectivity index (χ0) is 13.7. The van der Waals surface area contributed by atoms with E-state index in [0.29, 0.717) is 5.56 Å². The van der Waals surface area contributed by atoms with Gasteiger partial charge in [0.15, 0.2) is 0 Å². The highest BCUT2D eigenvalue weighted by Gasteiger charge is 2.11. The molecule has 0 saturated carbocycles. The number of carbonyl (C=O) groups excluding carboxylic acids is 1. The second kappa shape index (κ2) is 6.00. The van der Waals surface area contributed by atoms with Crippen LogP contribution in [0.4, 0.5) is 11.4 Å². The summed E-state index contributed by atoms with van der Waals surface area (Å²) in [4.78, 5) is 16.3. The Morgan fingerprint density at radius 3 is 2.74 bits per heavy atom. The number of rotatable bonds is 4. The fourth-order valence-electron chi connectivity index (χ4n) is 1.83. The van der Waals surface area contributed by atoms with Gasteiger partial charge in [0.05, 0.1) is 17.4 Å². The van der Waals surface area contributed by atoms with Gasteiger partial charge in [-0.1, -0.05) is 18.2 Å². The average molecular weight is 255 g/mol. The number of hydrogen-bond acceptors (Lipinski definition) is 3. The first-order chi connectivity index (χ1) is 9.22. The van der Waals surface area contributed by atoms with Crippen LogP contribution in [-0.4, -0.2) is 17.4 Å². The molecule has 2 aromatic rings. The van der Waals surface area contributed by atoms with Gasteiger partial charge in [-0.3, -0.25) is 9.78 Å². The number of aryl methyl sites for hydroxylation is 1. The van der Waals surface area contributed by atoms with Gasteiger partial charge < -0.3 is 10.6 Å². The van der Waals surface area contributed by atoms with E-state index in [1.54, 1.807) is 18.5 Å². The molecule has 0 radical (unpaired) electrons. The second-order valence-corrected chi connectivity index (χ2v) is 4.22. The van der Waals surface area contributed by atoms with Crippen molar-refractivity contribution in [3.05, 3.63) is 53.9 Å². The van der Waals surface area contributed by atoms with E-state index in [4.69, 9.17) is 0 Å². The van der Waals surface area contributed by atoms with Crippen LogP contribution < -0.4 is 10.6 Å². The Labute approximate surface area is 112 Å². The summed E-state index contributed by atoms with van der Waals surface area (Å²) in [7, 11) is 0. The van der Waals surface area contributed by atoms with Crippen LogP contribution in [0.15, 0.2) is 42.7 Å². The molecule has 19 heavy (non-hydrogen) atoms. The summed E-state index contributed by atoms with van der Waals surface area (Å²) in [6.07, 6.45) is 3.28. The van der Waals surface area contributed by atoms with Crippen LogP contribution in [0.25, 0.3) is 0 Å². The Morgan fingerprint density at radius 2 is 2.00 bits per heavy atom. The first-order valence-corrected chi connectivity index (χ1v) is 6.27. The molecular formula is C15H17N3O. The van der Waals surface area contributed by atoms with E-state index in [2.05, 4.69) is 15.6 Å². The Morgan fingerprint density at radius 1 is 1.21 bits per heavy atom. The molecule has 4 nitrogen and oxygen atoms in total. The summed E-state index contributed by atoms with van der Waals surface area (Å²) in [5, 5.41) is 6.05. The largest absolute Gasteiger partial charge is 0.383 e. The zero-order valence-electron chi connectivity index (χ0n) is 11.1. The summed E-state index contributed by atoms with van der Waals surface area (Å²) in [6.45, 7) is 4.69. The number of carbonyl (C=O) groups is 1. The molecule has 98 valence electrons. The summed E-state index contributed by atoms with van der Waals surface area (Å²) >= 11 is 0. The highest BCUT2D eigenvalue weighted by atomic mass is 16.1. The molecule has 0 fully saturated rings. The molecule has 0 aliphatic carbocycles. The lowest BCUT2D eigenvalue weighted by molar-refractivity contribution is 0.102. The Bertz CT molecular complexity index is 581. The molecule has 0 spiro atoms. The molecule has 1 heterocycles. The highest BCUT2D eigenvalue weighted by molar-refractivity contribution is 6.08. The maximum absolute atomic E-state index is 12.3. The first kappa shape index (κ1) is 13.1. The minimum atomic E-state index is -0.132.